The van der Waals surface area contributed by atoms with Crippen LogP contribution in [-0.4, -0.2) is 19.1 Å². The second-order valence-electron chi connectivity index (χ2n) is 5.91. The predicted molar refractivity (Wildman–Crippen MR) is 92.2 cm³/mol. The molecule has 0 saturated heterocycles. The number of carbonyl (C=O) groups excluding carboxylic acids is 1. The van der Waals surface area contributed by atoms with Gasteiger partial charge in [-0.1, -0.05) is 31.2 Å². The Balaban J connectivity index is 2.33. The van der Waals surface area contributed by atoms with Crippen molar-refractivity contribution in [2.24, 2.45) is 11.7 Å². The number of carbonyl (C=O) groups is 1. The standard InChI is InChI=1S/C19H23FN2O2/c1-12(13(2)21)19(23)22-18(14-4-8-16(20)9-5-14)15-6-10-17(24-3)11-7-15/h4-13,18H,21H2,1-3H3,(H,22,23). The van der Waals surface area contributed by atoms with Crippen LogP contribution in [0.15, 0.2) is 48.5 Å². The highest BCUT2D eigenvalue weighted by molar-refractivity contribution is 5.80. The molecular formula is C19H23FN2O2. The van der Waals surface area contributed by atoms with E-state index in [-0.39, 0.29) is 29.7 Å². The minimum Gasteiger partial charge on any atom is -0.497 e. The predicted octanol–water partition coefficient (Wildman–Crippen LogP) is 3.02. The van der Waals surface area contributed by atoms with E-state index < -0.39 is 0 Å². The van der Waals surface area contributed by atoms with Crippen LogP contribution in [0.5, 0.6) is 5.75 Å². The van der Waals surface area contributed by atoms with Gasteiger partial charge in [0.1, 0.15) is 11.6 Å². The van der Waals surface area contributed by atoms with Gasteiger partial charge in [-0.25, -0.2) is 4.39 Å². The number of hydrogen-bond acceptors (Lipinski definition) is 3. The van der Waals surface area contributed by atoms with E-state index in [2.05, 4.69) is 5.32 Å². The van der Waals surface area contributed by atoms with E-state index in [1.165, 1.54) is 12.1 Å². The Hall–Kier alpha value is -2.40. The summed E-state index contributed by atoms with van der Waals surface area (Å²) in [4.78, 5) is 12.4. The molecule has 2 aromatic carbocycles. The van der Waals surface area contributed by atoms with Crippen LogP contribution in [0.2, 0.25) is 0 Å². The molecule has 2 aromatic rings. The molecule has 0 aromatic heterocycles. The molecule has 0 aliphatic heterocycles. The summed E-state index contributed by atoms with van der Waals surface area (Å²) in [6.45, 7) is 3.58. The number of nitrogens with two attached hydrogens (primary N) is 1. The van der Waals surface area contributed by atoms with Gasteiger partial charge in [0.15, 0.2) is 0 Å². The minimum atomic E-state index is -0.384. The summed E-state index contributed by atoms with van der Waals surface area (Å²) in [5.41, 5.74) is 7.50. The second-order valence-corrected chi connectivity index (χ2v) is 5.91. The van der Waals surface area contributed by atoms with Gasteiger partial charge in [-0.2, -0.15) is 0 Å². The molecule has 1 amide bonds. The normalized spacial score (nSPS) is 14.5. The molecule has 4 nitrogen and oxygen atoms in total. The molecule has 0 bridgehead atoms. The van der Waals surface area contributed by atoms with Crippen LogP contribution in [0.4, 0.5) is 4.39 Å². The van der Waals surface area contributed by atoms with Crippen molar-refractivity contribution in [3.8, 4) is 5.75 Å². The van der Waals surface area contributed by atoms with Crippen molar-refractivity contribution in [2.45, 2.75) is 25.9 Å². The van der Waals surface area contributed by atoms with Crippen molar-refractivity contribution in [3.05, 3.63) is 65.5 Å². The monoisotopic (exact) mass is 330 g/mol. The average Bonchev–Trinajstić information content (AvgIpc) is 2.59. The zero-order chi connectivity index (χ0) is 17.7. The Morgan fingerprint density at radius 1 is 1.04 bits per heavy atom. The van der Waals surface area contributed by atoms with E-state index in [1.54, 1.807) is 33.1 Å². The molecule has 5 heteroatoms. The van der Waals surface area contributed by atoms with Gasteiger partial charge >= 0.3 is 0 Å². The van der Waals surface area contributed by atoms with Gasteiger partial charge in [-0.15, -0.1) is 0 Å². The number of methoxy groups -OCH3 is 1. The SMILES string of the molecule is COc1ccc(C(NC(=O)C(C)C(C)N)c2ccc(F)cc2)cc1. The van der Waals surface area contributed by atoms with Crippen molar-refractivity contribution in [1.29, 1.82) is 0 Å². The summed E-state index contributed by atoms with van der Waals surface area (Å²) < 4.78 is 18.4. The zero-order valence-electron chi connectivity index (χ0n) is 14.1. The van der Waals surface area contributed by atoms with Crippen LogP contribution in [0.3, 0.4) is 0 Å². The van der Waals surface area contributed by atoms with Crippen LogP contribution in [-0.2, 0) is 4.79 Å². The lowest BCUT2D eigenvalue weighted by Crippen LogP contribution is -2.40. The first-order valence-electron chi connectivity index (χ1n) is 7.87. The average molecular weight is 330 g/mol. The van der Waals surface area contributed by atoms with Gasteiger partial charge in [0.2, 0.25) is 5.91 Å². The maximum absolute atomic E-state index is 13.2. The van der Waals surface area contributed by atoms with Gasteiger partial charge in [0, 0.05) is 12.0 Å². The lowest BCUT2D eigenvalue weighted by Gasteiger charge is -2.23. The first-order valence-corrected chi connectivity index (χ1v) is 7.87. The molecule has 0 heterocycles. The van der Waals surface area contributed by atoms with Crippen LogP contribution < -0.4 is 15.8 Å². The lowest BCUT2D eigenvalue weighted by atomic mass is 9.96. The quantitative estimate of drug-likeness (QED) is 0.856. The molecule has 2 rings (SSSR count). The molecule has 0 spiro atoms. The number of hydrogen-bond donors (Lipinski definition) is 2. The molecule has 3 atom stereocenters. The van der Waals surface area contributed by atoms with E-state index >= 15 is 0 Å². The Morgan fingerprint density at radius 3 is 2.00 bits per heavy atom. The smallest absolute Gasteiger partial charge is 0.225 e. The minimum absolute atomic E-state index is 0.143. The maximum Gasteiger partial charge on any atom is 0.225 e. The fourth-order valence-electron chi connectivity index (χ4n) is 2.32. The Bertz CT molecular complexity index is 669. The summed E-state index contributed by atoms with van der Waals surface area (Å²) in [7, 11) is 1.60. The van der Waals surface area contributed by atoms with Gasteiger partial charge in [-0.3, -0.25) is 4.79 Å². The topological polar surface area (TPSA) is 64.3 Å². The van der Waals surface area contributed by atoms with Crippen molar-refractivity contribution < 1.29 is 13.9 Å². The molecule has 0 aliphatic carbocycles. The highest BCUT2D eigenvalue weighted by Crippen LogP contribution is 2.25. The highest BCUT2D eigenvalue weighted by atomic mass is 19.1. The van der Waals surface area contributed by atoms with Gasteiger partial charge in [-0.05, 0) is 42.3 Å². The summed E-state index contributed by atoms with van der Waals surface area (Å²) in [6.07, 6.45) is 0. The third-order valence-corrected chi connectivity index (χ3v) is 4.14. The molecule has 128 valence electrons. The van der Waals surface area contributed by atoms with Crippen molar-refractivity contribution >= 4 is 5.91 Å². The lowest BCUT2D eigenvalue weighted by molar-refractivity contribution is -0.125. The van der Waals surface area contributed by atoms with Crippen LogP contribution >= 0.6 is 0 Å². The Morgan fingerprint density at radius 2 is 1.54 bits per heavy atom. The molecule has 0 saturated carbocycles. The summed E-state index contributed by atoms with van der Waals surface area (Å²) in [6, 6.07) is 12.9. The highest BCUT2D eigenvalue weighted by Gasteiger charge is 2.22. The number of amides is 1. The number of rotatable bonds is 6. The van der Waals surface area contributed by atoms with Gasteiger partial charge < -0.3 is 15.8 Å². The number of nitrogens with one attached hydrogen (secondary N) is 1. The maximum atomic E-state index is 13.2. The molecule has 24 heavy (non-hydrogen) atoms. The molecule has 0 fully saturated rings. The molecule has 3 unspecified atom stereocenters. The number of benzene rings is 2. The van der Waals surface area contributed by atoms with E-state index in [0.29, 0.717) is 0 Å². The number of halogens is 1. The molecule has 3 N–H and O–H groups in total. The van der Waals surface area contributed by atoms with Crippen molar-refractivity contribution in [3.63, 3.8) is 0 Å². The molecule has 0 aliphatic rings. The van der Waals surface area contributed by atoms with Crippen molar-refractivity contribution in [1.82, 2.24) is 5.32 Å². The first-order chi connectivity index (χ1) is 11.4. The summed E-state index contributed by atoms with van der Waals surface area (Å²) >= 11 is 0. The van der Waals surface area contributed by atoms with Gasteiger partial charge in [0.25, 0.3) is 0 Å². The summed E-state index contributed by atoms with van der Waals surface area (Å²) in [5.74, 6) is -0.0595. The Labute approximate surface area is 141 Å². The third kappa shape index (κ3) is 4.32. The second kappa shape index (κ2) is 7.93. The number of ether oxygens (including phenoxy) is 1. The van der Waals surface area contributed by atoms with E-state index in [4.69, 9.17) is 10.5 Å². The fraction of sp³-hybridized carbons (Fsp3) is 0.316. The Kier molecular flexibility index (Phi) is 5.93. The van der Waals surface area contributed by atoms with E-state index in [9.17, 15) is 9.18 Å². The van der Waals surface area contributed by atoms with Crippen LogP contribution in [0.25, 0.3) is 0 Å². The zero-order valence-corrected chi connectivity index (χ0v) is 14.1. The van der Waals surface area contributed by atoms with E-state index in [0.717, 1.165) is 16.9 Å². The molecular weight excluding hydrogens is 307 g/mol. The van der Waals surface area contributed by atoms with Crippen LogP contribution in [0, 0.1) is 11.7 Å². The van der Waals surface area contributed by atoms with Gasteiger partial charge in [0.05, 0.1) is 13.2 Å². The third-order valence-electron chi connectivity index (χ3n) is 4.14. The first kappa shape index (κ1) is 17.9. The van der Waals surface area contributed by atoms with E-state index in [1.807, 2.05) is 24.3 Å². The summed E-state index contributed by atoms with van der Waals surface area (Å²) in [5, 5.41) is 3.01. The molecule has 0 radical (unpaired) electrons. The fourth-order valence-corrected chi connectivity index (χ4v) is 2.32. The van der Waals surface area contributed by atoms with Crippen molar-refractivity contribution in [2.75, 3.05) is 7.11 Å². The van der Waals surface area contributed by atoms with Crippen LogP contribution in [0.1, 0.15) is 31.0 Å². The largest absolute Gasteiger partial charge is 0.497 e.